The van der Waals surface area contributed by atoms with E-state index in [-0.39, 0.29) is 11.3 Å². The van der Waals surface area contributed by atoms with Gasteiger partial charge in [0, 0.05) is 17.7 Å². The van der Waals surface area contributed by atoms with Crippen LogP contribution < -0.4 is 5.32 Å². The molecule has 0 bridgehead atoms. The first-order valence-corrected chi connectivity index (χ1v) is 7.64. The molecule has 0 fully saturated rings. The van der Waals surface area contributed by atoms with Crippen LogP contribution in [0.2, 0.25) is 0 Å². The highest BCUT2D eigenvalue weighted by Gasteiger charge is 2.21. The number of rotatable bonds is 2. The van der Waals surface area contributed by atoms with Crippen LogP contribution in [0.15, 0.2) is 54.1 Å². The summed E-state index contributed by atoms with van der Waals surface area (Å²) in [7, 11) is 0. The maximum Gasteiger partial charge on any atom is 0.251 e. The zero-order chi connectivity index (χ0) is 15.7. The number of para-hydroxylation sites is 1. The van der Waals surface area contributed by atoms with Gasteiger partial charge in [0.05, 0.1) is 0 Å². The predicted molar refractivity (Wildman–Crippen MR) is 91.9 cm³/mol. The number of fused-ring (bicyclic) bond motifs is 1. The lowest BCUT2D eigenvalue weighted by molar-refractivity contribution is -0.112. The average molecular weight is 291 g/mol. The van der Waals surface area contributed by atoms with Crippen LogP contribution in [0.3, 0.4) is 0 Å². The summed E-state index contributed by atoms with van der Waals surface area (Å²) in [5.41, 5.74) is 5.48. The molecule has 1 amide bonds. The van der Waals surface area contributed by atoms with Gasteiger partial charge in [-0.05, 0) is 40.3 Å². The topological polar surface area (TPSA) is 29.1 Å². The van der Waals surface area contributed by atoms with Crippen LogP contribution in [0.25, 0.3) is 6.08 Å². The van der Waals surface area contributed by atoms with Gasteiger partial charge in [0.1, 0.15) is 0 Å². The molecule has 2 heteroatoms. The van der Waals surface area contributed by atoms with Crippen LogP contribution >= 0.6 is 0 Å². The van der Waals surface area contributed by atoms with Crippen LogP contribution in [-0.4, -0.2) is 5.91 Å². The number of carbonyl (C=O) groups is 1. The predicted octanol–water partition coefficient (Wildman–Crippen LogP) is 4.56. The van der Waals surface area contributed by atoms with Crippen LogP contribution in [0.4, 0.5) is 5.69 Å². The molecule has 1 aliphatic rings. The largest absolute Gasteiger partial charge is 0.322 e. The van der Waals surface area contributed by atoms with E-state index in [2.05, 4.69) is 44.3 Å². The lowest BCUT2D eigenvalue weighted by atomic mass is 9.85. The van der Waals surface area contributed by atoms with Gasteiger partial charge >= 0.3 is 0 Å². The van der Waals surface area contributed by atoms with Gasteiger partial charge in [-0.2, -0.15) is 0 Å². The SMILES string of the molecule is CC(C)(C)c1ccc2c(c1)C=C(C(=O)Nc1ccccc1)C2. The van der Waals surface area contributed by atoms with Gasteiger partial charge in [-0.25, -0.2) is 0 Å². The molecule has 2 aromatic rings. The van der Waals surface area contributed by atoms with Gasteiger partial charge in [-0.1, -0.05) is 57.2 Å². The number of benzene rings is 2. The maximum absolute atomic E-state index is 12.4. The number of anilines is 1. The Morgan fingerprint density at radius 1 is 1.05 bits per heavy atom. The Hall–Kier alpha value is -2.35. The van der Waals surface area contributed by atoms with Crippen LogP contribution in [-0.2, 0) is 16.6 Å². The molecule has 0 atom stereocenters. The fourth-order valence-corrected chi connectivity index (χ4v) is 2.68. The monoisotopic (exact) mass is 291 g/mol. The van der Waals surface area contributed by atoms with Gasteiger partial charge in [0.15, 0.2) is 0 Å². The zero-order valence-corrected chi connectivity index (χ0v) is 13.3. The van der Waals surface area contributed by atoms with Crippen molar-refractivity contribution in [1.82, 2.24) is 0 Å². The minimum absolute atomic E-state index is 0.0142. The second-order valence-corrected chi connectivity index (χ2v) is 6.83. The van der Waals surface area contributed by atoms with Crippen LogP contribution in [0.5, 0.6) is 0 Å². The number of hydrogen-bond acceptors (Lipinski definition) is 1. The number of hydrogen-bond donors (Lipinski definition) is 1. The van der Waals surface area contributed by atoms with Gasteiger partial charge in [-0.3, -0.25) is 4.79 Å². The molecule has 2 aromatic carbocycles. The first-order valence-electron chi connectivity index (χ1n) is 7.64. The third-order valence-corrected chi connectivity index (χ3v) is 4.05. The highest BCUT2D eigenvalue weighted by molar-refractivity contribution is 6.08. The maximum atomic E-state index is 12.4. The summed E-state index contributed by atoms with van der Waals surface area (Å²) in [6.07, 6.45) is 2.72. The van der Waals surface area contributed by atoms with E-state index < -0.39 is 0 Å². The van der Waals surface area contributed by atoms with E-state index >= 15 is 0 Å². The van der Waals surface area contributed by atoms with Crippen molar-refractivity contribution >= 4 is 17.7 Å². The second kappa shape index (κ2) is 5.45. The first-order chi connectivity index (χ1) is 10.4. The Bertz CT molecular complexity index is 736. The third-order valence-electron chi connectivity index (χ3n) is 4.05. The summed E-state index contributed by atoms with van der Waals surface area (Å²) < 4.78 is 0. The normalized spacial score (nSPS) is 13.5. The molecule has 0 heterocycles. The van der Waals surface area contributed by atoms with Crippen molar-refractivity contribution in [3.8, 4) is 0 Å². The molecule has 22 heavy (non-hydrogen) atoms. The minimum Gasteiger partial charge on any atom is -0.322 e. The van der Waals surface area contributed by atoms with E-state index in [4.69, 9.17) is 0 Å². The molecule has 1 N–H and O–H groups in total. The summed E-state index contributed by atoms with van der Waals surface area (Å²) in [6.45, 7) is 6.61. The van der Waals surface area contributed by atoms with Crippen molar-refractivity contribution < 1.29 is 4.79 Å². The summed E-state index contributed by atoms with van der Waals surface area (Å²) >= 11 is 0. The molecular formula is C20H21NO. The second-order valence-electron chi connectivity index (χ2n) is 6.83. The highest BCUT2D eigenvalue weighted by atomic mass is 16.1. The third kappa shape index (κ3) is 2.96. The Balaban J connectivity index is 1.81. The van der Waals surface area contributed by atoms with Crippen molar-refractivity contribution in [2.45, 2.75) is 32.6 Å². The Morgan fingerprint density at radius 3 is 2.45 bits per heavy atom. The van der Waals surface area contributed by atoms with E-state index in [0.717, 1.165) is 11.3 Å². The fraction of sp³-hybridized carbons (Fsp3) is 0.250. The smallest absolute Gasteiger partial charge is 0.251 e. The Kier molecular flexibility index (Phi) is 3.61. The lowest BCUT2D eigenvalue weighted by Crippen LogP contribution is -2.14. The molecule has 1 aliphatic carbocycles. The van der Waals surface area contributed by atoms with Crippen molar-refractivity contribution in [2.75, 3.05) is 5.32 Å². The quantitative estimate of drug-likeness (QED) is 0.863. The summed E-state index contributed by atoms with van der Waals surface area (Å²) in [5.74, 6) is -0.0142. The number of carbonyl (C=O) groups excluding carboxylic acids is 1. The summed E-state index contributed by atoms with van der Waals surface area (Å²) in [5, 5.41) is 2.96. The van der Waals surface area contributed by atoms with E-state index in [1.165, 1.54) is 16.7 Å². The molecule has 0 aliphatic heterocycles. The number of amides is 1. The van der Waals surface area contributed by atoms with Gasteiger partial charge in [-0.15, -0.1) is 0 Å². The highest BCUT2D eigenvalue weighted by Crippen LogP contribution is 2.31. The standard InChI is InChI=1S/C20H21NO/c1-20(2,3)17-10-9-14-11-16(12-15(14)13-17)19(22)21-18-7-5-4-6-8-18/h4-10,12-13H,11H2,1-3H3,(H,21,22). The van der Waals surface area contributed by atoms with Gasteiger partial charge in [0.2, 0.25) is 0 Å². The molecule has 3 rings (SSSR count). The summed E-state index contributed by atoms with van der Waals surface area (Å²) in [6, 6.07) is 16.1. The average Bonchev–Trinajstić information content (AvgIpc) is 2.90. The molecular weight excluding hydrogens is 270 g/mol. The van der Waals surface area contributed by atoms with Crippen molar-refractivity contribution in [2.24, 2.45) is 0 Å². The summed E-state index contributed by atoms with van der Waals surface area (Å²) in [4.78, 5) is 12.4. The van der Waals surface area contributed by atoms with E-state index in [9.17, 15) is 4.79 Å². The molecule has 112 valence electrons. The van der Waals surface area contributed by atoms with Crippen LogP contribution in [0.1, 0.15) is 37.5 Å². The zero-order valence-electron chi connectivity index (χ0n) is 13.3. The van der Waals surface area contributed by atoms with Gasteiger partial charge < -0.3 is 5.32 Å². The first kappa shape index (κ1) is 14.6. The Morgan fingerprint density at radius 2 is 1.77 bits per heavy atom. The molecule has 0 saturated carbocycles. The van der Waals surface area contributed by atoms with E-state index in [0.29, 0.717) is 6.42 Å². The molecule has 2 nitrogen and oxygen atoms in total. The van der Waals surface area contributed by atoms with Crippen molar-refractivity contribution in [3.05, 3.63) is 70.8 Å². The molecule has 0 spiro atoms. The van der Waals surface area contributed by atoms with Crippen molar-refractivity contribution in [3.63, 3.8) is 0 Å². The van der Waals surface area contributed by atoms with E-state index in [1.807, 2.05) is 36.4 Å². The molecule has 0 saturated heterocycles. The van der Waals surface area contributed by atoms with Crippen LogP contribution in [0, 0.1) is 0 Å². The number of nitrogens with one attached hydrogen (secondary N) is 1. The lowest BCUT2D eigenvalue weighted by Gasteiger charge is -2.19. The van der Waals surface area contributed by atoms with E-state index in [1.54, 1.807) is 0 Å². The van der Waals surface area contributed by atoms with Crippen molar-refractivity contribution in [1.29, 1.82) is 0 Å². The Labute approximate surface area is 131 Å². The minimum atomic E-state index is -0.0142. The molecule has 0 radical (unpaired) electrons. The molecule has 0 unspecified atom stereocenters. The molecule has 0 aromatic heterocycles. The fourth-order valence-electron chi connectivity index (χ4n) is 2.68. The van der Waals surface area contributed by atoms with Gasteiger partial charge in [0.25, 0.3) is 5.91 Å².